The predicted octanol–water partition coefficient (Wildman–Crippen LogP) is 1.01. The molecule has 1 saturated heterocycles. The highest BCUT2D eigenvalue weighted by molar-refractivity contribution is 7.89. The molecule has 1 aromatic carbocycles. The Hall–Kier alpha value is -1.42. The second-order valence-electron chi connectivity index (χ2n) is 4.76. The van der Waals surface area contributed by atoms with Gasteiger partial charge in [0, 0.05) is 25.7 Å². The van der Waals surface area contributed by atoms with Gasteiger partial charge in [0.1, 0.15) is 5.75 Å². The Balaban J connectivity index is 0.00000242. The molecule has 1 atom stereocenters. The molecule has 22 heavy (non-hydrogen) atoms. The molecule has 0 amide bonds. The number of nitrogens with zero attached hydrogens (tertiary/aromatic N) is 2. The molecule has 0 spiro atoms. The van der Waals surface area contributed by atoms with Gasteiger partial charge in [-0.15, -0.1) is 12.4 Å². The first-order valence-electron chi connectivity index (χ1n) is 6.43. The fraction of sp³-hybridized carbons (Fsp3) is 0.500. The smallest absolute Gasteiger partial charge is 0.293 e. The Labute approximate surface area is 135 Å². The number of nitrogens with one attached hydrogen (secondary N) is 1. The van der Waals surface area contributed by atoms with Crippen molar-refractivity contribution < 1.29 is 18.1 Å². The monoisotopic (exact) mass is 351 g/mol. The van der Waals surface area contributed by atoms with Crippen molar-refractivity contribution in [1.82, 2.24) is 9.62 Å². The molecule has 0 aromatic heterocycles. The highest BCUT2D eigenvalue weighted by Crippen LogP contribution is 2.31. The van der Waals surface area contributed by atoms with Gasteiger partial charge in [-0.3, -0.25) is 10.1 Å². The fourth-order valence-electron chi connectivity index (χ4n) is 2.29. The maximum Gasteiger partial charge on any atom is 0.293 e. The number of halogens is 1. The number of benzene rings is 1. The largest absolute Gasteiger partial charge is 0.497 e. The molecule has 0 aliphatic carbocycles. The van der Waals surface area contributed by atoms with E-state index in [1.54, 1.807) is 6.92 Å². The number of methoxy groups -OCH3 is 1. The third-order valence-corrected chi connectivity index (χ3v) is 5.45. The van der Waals surface area contributed by atoms with Gasteiger partial charge in [-0.2, -0.15) is 4.31 Å². The van der Waals surface area contributed by atoms with Gasteiger partial charge < -0.3 is 10.1 Å². The first kappa shape index (κ1) is 18.6. The zero-order valence-electron chi connectivity index (χ0n) is 12.2. The lowest BCUT2D eigenvalue weighted by Crippen LogP contribution is -2.52. The maximum atomic E-state index is 12.7. The molecule has 1 fully saturated rings. The van der Waals surface area contributed by atoms with Crippen molar-refractivity contribution in [3.05, 3.63) is 28.3 Å². The van der Waals surface area contributed by atoms with Gasteiger partial charge in [0.05, 0.1) is 18.1 Å². The zero-order chi connectivity index (χ0) is 15.6. The predicted molar refractivity (Wildman–Crippen MR) is 83.1 cm³/mol. The SMILES string of the molecule is COc1ccc(S(=O)(=O)N2CCNC[C@@H]2C)c([N+](=O)[O-])c1.Cl. The number of hydrogen-bond donors (Lipinski definition) is 1. The van der Waals surface area contributed by atoms with Crippen LogP contribution in [0, 0.1) is 10.1 Å². The van der Waals surface area contributed by atoms with Gasteiger partial charge in [-0.1, -0.05) is 0 Å². The third-order valence-electron chi connectivity index (χ3n) is 3.39. The summed E-state index contributed by atoms with van der Waals surface area (Å²) in [5.74, 6) is 0.244. The molecule has 1 heterocycles. The fourth-order valence-corrected chi connectivity index (χ4v) is 4.06. The summed E-state index contributed by atoms with van der Waals surface area (Å²) < 4.78 is 31.6. The van der Waals surface area contributed by atoms with Crippen molar-refractivity contribution in [3.63, 3.8) is 0 Å². The number of piperazine rings is 1. The van der Waals surface area contributed by atoms with Crippen LogP contribution >= 0.6 is 12.4 Å². The van der Waals surface area contributed by atoms with Crippen molar-refractivity contribution in [3.8, 4) is 5.75 Å². The van der Waals surface area contributed by atoms with Crippen LogP contribution in [0.5, 0.6) is 5.75 Å². The minimum Gasteiger partial charge on any atom is -0.497 e. The van der Waals surface area contributed by atoms with E-state index in [9.17, 15) is 18.5 Å². The van der Waals surface area contributed by atoms with Crippen LogP contribution in [0.15, 0.2) is 23.1 Å². The van der Waals surface area contributed by atoms with Crippen LogP contribution < -0.4 is 10.1 Å². The number of ether oxygens (including phenoxy) is 1. The third kappa shape index (κ3) is 3.49. The Bertz CT molecular complexity index is 652. The Morgan fingerprint density at radius 3 is 2.68 bits per heavy atom. The lowest BCUT2D eigenvalue weighted by Gasteiger charge is -2.32. The molecule has 0 bridgehead atoms. The van der Waals surface area contributed by atoms with Crippen molar-refractivity contribution >= 4 is 28.1 Å². The van der Waals surface area contributed by atoms with Crippen LogP contribution in [0.4, 0.5) is 5.69 Å². The minimum absolute atomic E-state index is 0. The molecule has 1 aromatic rings. The summed E-state index contributed by atoms with van der Waals surface area (Å²) in [6.45, 7) is 3.09. The number of rotatable bonds is 4. The summed E-state index contributed by atoms with van der Waals surface area (Å²) >= 11 is 0. The molecule has 0 unspecified atom stereocenters. The standard InChI is InChI=1S/C12H17N3O5S.ClH/c1-9-8-13-5-6-14(9)21(18,19)12-4-3-10(20-2)7-11(12)15(16)17;/h3-4,7,9,13H,5-6,8H2,1-2H3;1H/t9-;/m0./s1. The minimum atomic E-state index is -3.92. The van der Waals surface area contributed by atoms with Crippen LogP contribution in [0.3, 0.4) is 0 Å². The van der Waals surface area contributed by atoms with Crippen LogP contribution in [-0.2, 0) is 10.0 Å². The number of sulfonamides is 1. The highest BCUT2D eigenvalue weighted by Gasteiger charge is 2.35. The van der Waals surface area contributed by atoms with Crippen LogP contribution in [0.2, 0.25) is 0 Å². The second-order valence-corrected chi connectivity index (χ2v) is 6.62. The number of nitro benzene ring substituents is 1. The van der Waals surface area contributed by atoms with Crippen molar-refractivity contribution in [2.24, 2.45) is 0 Å². The second kappa shape index (κ2) is 7.23. The Morgan fingerprint density at radius 2 is 2.14 bits per heavy atom. The summed E-state index contributed by atoms with van der Waals surface area (Å²) in [5, 5.41) is 14.2. The van der Waals surface area contributed by atoms with Gasteiger partial charge in [-0.25, -0.2) is 8.42 Å². The molecule has 1 N–H and O–H groups in total. The van der Waals surface area contributed by atoms with Gasteiger partial charge in [0.2, 0.25) is 10.0 Å². The van der Waals surface area contributed by atoms with Crippen molar-refractivity contribution in [2.45, 2.75) is 17.9 Å². The topological polar surface area (TPSA) is 102 Å². The van der Waals surface area contributed by atoms with E-state index in [0.717, 1.165) is 6.07 Å². The molecule has 2 rings (SSSR count). The van der Waals surface area contributed by atoms with Gasteiger partial charge in [0.25, 0.3) is 5.69 Å². The van der Waals surface area contributed by atoms with E-state index >= 15 is 0 Å². The summed E-state index contributed by atoms with van der Waals surface area (Å²) in [6.07, 6.45) is 0. The van der Waals surface area contributed by atoms with Gasteiger partial charge in [0.15, 0.2) is 4.90 Å². The zero-order valence-corrected chi connectivity index (χ0v) is 13.8. The normalized spacial score (nSPS) is 19.3. The highest BCUT2D eigenvalue weighted by atomic mass is 35.5. The van der Waals surface area contributed by atoms with Crippen molar-refractivity contribution in [1.29, 1.82) is 0 Å². The van der Waals surface area contributed by atoms with E-state index in [1.807, 2.05) is 0 Å². The van der Waals surface area contributed by atoms with E-state index in [1.165, 1.54) is 23.5 Å². The quantitative estimate of drug-likeness (QED) is 0.641. The van der Waals surface area contributed by atoms with E-state index < -0.39 is 20.6 Å². The molecule has 1 aliphatic heterocycles. The molecule has 0 saturated carbocycles. The van der Waals surface area contributed by atoms with Crippen LogP contribution in [0.1, 0.15) is 6.92 Å². The molecule has 124 valence electrons. The van der Waals surface area contributed by atoms with Crippen LogP contribution in [0.25, 0.3) is 0 Å². The van der Waals surface area contributed by atoms with Gasteiger partial charge in [-0.05, 0) is 19.1 Å². The molecular weight excluding hydrogens is 334 g/mol. The first-order chi connectivity index (χ1) is 9.87. The summed E-state index contributed by atoms with van der Waals surface area (Å²) in [4.78, 5) is 10.1. The van der Waals surface area contributed by atoms with E-state index in [2.05, 4.69) is 5.32 Å². The Kier molecular flexibility index (Phi) is 6.12. The summed E-state index contributed by atoms with van der Waals surface area (Å²) in [7, 11) is -2.55. The van der Waals surface area contributed by atoms with E-state index in [4.69, 9.17) is 4.74 Å². The first-order valence-corrected chi connectivity index (χ1v) is 7.87. The molecule has 1 aliphatic rings. The average molecular weight is 352 g/mol. The van der Waals surface area contributed by atoms with E-state index in [-0.39, 0.29) is 35.6 Å². The van der Waals surface area contributed by atoms with Gasteiger partial charge >= 0.3 is 0 Å². The average Bonchev–Trinajstić information content (AvgIpc) is 2.46. The lowest BCUT2D eigenvalue weighted by atomic mass is 10.3. The Morgan fingerprint density at radius 1 is 1.45 bits per heavy atom. The molecule has 0 radical (unpaired) electrons. The van der Waals surface area contributed by atoms with Crippen molar-refractivity contribution in [2.75, 3.05) is 26.7 Å². The van der Waals surface area contributed by atoms with E-state index in [0.29, 0.717) is 13.1 Å². The van der Waals surface area contributed by atoms with Crippen LogP contribution in [-0.4, -0.2) is 50.4 Å². The lowest BCUT2D eigenvalue weighted by molar-refractivity contribution is -0.387. The number of nitro groups is 1. The maximum absolute atomic E-state index is 12.7. The summed E-state index contributed by atoms with van der Waals surface area (Å²) in [6, 6.07) is 3.50. The molecule has 10 heteroatoms. The summed E-state index contributed by atoms with van der Waals surface area (Å²) in [5.41, 5.74) is -0.472. The molecular formula is C12H18ClN3O5S. The molecule has 8 nitrogen and oxygen atoms in total. The number of hydrogen-bond acceptors (Lipinski definition) is 6.